The highest BCUT2D eigenvalue weighted by molar-refractivity contribution is 5.90. The van der Waals surface area contributed by atoms with Crippen molar-refractivity contribution in [1.29, 1.82) is 0 Å². The van der Waals surface area contributed by atoms with Gasteiger partial charge in [0.1, 0.15) is 5.82 Å². The van der Waals surface area contributed by atoms with E-state index < -0.39 is 23.4 Å². The predicted molar refractivity (Wildman–Crippen MR) is 96.1 cm³/mol. The van der Waals surface area contributed by atoms with Gasteiger partial charge in [-0.15, -0.1) is 0 Å². The molecule has 0 atom stereocenters. The predicted octanol–water partition coefficient (Wildman–Crippen LogP) is 2.87. The summed E-state index contributed by atoms with van der Waals surface area (Å²) in [4.78, 5) is 29.7. The summed E-state index contributed by atoms with van der Waals surface area (Å²) in [6, 6.07) is 8.78. The standard InChI is InChI=1S/C19H20F2N4O2/c20-15-3-1-2-4-16(15)24-18(27)25-11-7-19(21,8-12-25)17(26)23-13-14-5-9-22-10-6-14/h1-6,9-10H,7-8,11-13H2,(H,23,26)(H,24,27). The summed E-state index contributed by atoms with van der Waals surface area (Å²) >= 11 is 0. The second-order valence-electron chi connectivity index (χ2n) is 6.40. The Balaban J connectivity index is 1.51. The van der Waals surface area contributed by atoms with Crippen molar-refractivity contribution in [1.82, 2.24) is 15.2 Å². The third kappa shape index (κ3) is 4.58. The minimum Gasteiger partial charge on any atom is -0.349 e. The quantitative estimate of drug-likeness (QED) is 0.864. The van der Waals surface area contributed by atoms with Gasteiger partial charge in [-0.2, -0.15) is 0 Å². The molecule has 1 aromatic carbocycles. The zero-order valence-electron chi connectivity index (χ0n) is 14.6. The number of para-hydroxylation sites is 1. The second kappa shape index (κ2) is 8.11. The number of pyridine rings is 1. The Morgan fingerprint density at radius 2 is 1.78 bits per heavy atom. The van der Waals surface area contributed by atoms with Crippen LogP contribution in [0.2, 0.25) is 0 Å². The summed E-state index contributed by atoms with van der Waals surface area (Å²) < 4.78 is 28.6. The molecule has 1 aromatic heterocycles. The molecule has 1 aliphatic heterocycles. The fraction of sp³-hybridized carbons (Fsp3) is 0.316. The molecule has 2 heterocycles. The summed E-state index contributed by atoms with van der Waals surface area (Å²) in [6.45, 7) is 0.351. The fourth-order valence-corrected chi connectivity index (χ4v) is 2.89. The molecule has 3 rings (SSSR count). The van der Waals surface area contributed by atoms with Crippen LogP contribution in [0.5, 0.6) is 0 Å². The van der Waals surface area contributed by atoms with Crippen molar-refractivity contribution in [2.45, 2.75) is 25.1 Å². The van der Waals surface area contributed by atoms with Gasteiger partial charge in [0.05, 0.1) is 5.69 Å². The number of carbonyl (C=O) groups is 2. The number of anilines is 1. The van der Waals surface area contributed by atoms with E-state index in [1.54, 1.807) is 30.6 Å². The Labute approximate surface area is 155 Å². The second-order valence-corrected chi connectivity index (χ2v) is 6.40. The monoisotopic (exact) mass is 374 g/mol. The number of rotatable bonds is 4. The minimum atomic E-state index is -2.03. The Kier molecular flexibility index (Phi) is 5.63. The number of piperidine rings is 1. The van der Waals surface area contributed by atoms with Gasteiger partial charge in [-0.25, -0.2) is 13.6 Å². The summed E-state index contributed by atoms with van der Waals surface area (Å²) in [5, 5.41) is 5.06. The van der Waals surface area contributed by atoms with E-state index in [1.165, 1.54) is 23.1 Å². The van der Waals surface area contributed by atoms with E-state index in [4.69, 9.17) is 0 Å². The van der Waals surface area contributed by atoms with E-state index >= 15 is 0 Å². The molecular formula is C19H20F2N4O2. The average molecular weight is 374 g/mol. The molecule has 142 valence electrons. The zero-order valence-corrected chi connectivity index (χ0v) is 14.6. The van der Waals surface area contributed by atoms with Crippen molar-refractivity contribution in [3.8, 4) is 0 Å². The van der Waals surface area contributed by atoms with Gasteiger partial charge in [0.25, 0.3) is 5.91 Å². The van der Waals surface area contributed by atoms with E-state index in [2.05, 4.69) is 15.6 Å². The molecule has 27 heavy (non-hydrogen) atoms. The van der Waals surface area contributed by atoms with Crippen molar-refractivity contribution in [3.05, 3.63) is 60.2 Å². The highest BCUT2D eigenvalue weighted by atomic mass is 19.1. The largest absolute Gasteiger partial charge is 0.349 e. The molecule has 1 aliphatic rings. The van der Waals surface area contributed by atoms with Gasteiger partial charge in [-0.1, -0.05) is 12.1 Å². The Morgan fingerprint density at radius 3 is 2.44 bits per heavy atom. The van der Waals surface area contributed by atoms with E-state index in [1.807, 2.05) is 0 Å². The first-order valence-corrected chi connectivity index (χ1v) is 8.64. The Hall–Kier alpha value is -3.03. The molecule has 0 radical (unpaired) electrons. The highest BCUT2D eigenvalue weighted by Crippen LogP contribution is 2.27. The lowest BCUT2D eigenvalue weighted by molar-refractivity contribution is -0.135. The molecule has 1 fully saturated rings. The van der Waals surface area contributed by atoms with Gasteiger partial charge in [0.15, 0.2) is 5.67 Å². The van der Waals surface area contributed by atoms with E-state index in [-0.39, 0.29) is 38.2 Å². The number of likely N-dealkylation sites (tertiary alicyclic amines) is 1. The molecule has 8 heteroatoms. The van der Waals surface area contributed by atoms with E-state index in [0.29, 0.717) is 0 Å². The van der Waals surface area contributed by atoms with Crippen molar-refractivity contribution in [2.24, 2.45) is 0 Å². The van der Waals surface area contributed by atoms with E-state index in [9.17, 15) is 18.4 Å². The molecule has 6 nitrogen and oxygen atoms in total. The molecule has 1 saturated heterocycles. The summed E-state index contributed by atoms with van der Waals surface area (Å²) in [7, 11) is 0. The van der Waals surface area contributed by atoms with Crippen molar-refractivity contribution in [2.75, 3.05) is 18.4 Å². The Morgan fingerprint density at radius 1 is 1.11 bits per heavy atom. The van der Waals surface area contributed by atoms with Crippen LogP contribution in [0.1, 0.15) is 18.4 Å². The number of carbonyl (C=O) groups excluding carboxylic acids is 2. The molecule has 3 amide bonds. The fourth-order valence-electron chi connectivity index (χ4n) is 2.89. The van der Waals surface area contributed by atoms with Gasteiger partial charge in [-0.05, 0) is 29.8 Å². The molecule has 0 bridgehead atoms. The first-order valence-electron chi connectivity index (χ1n) is 8.64. The van der Waals surface area contributed by atoms with Crippen LogP contribution < -0.4 is 10.6 Å². The maximum absolute atomic E-state index is 15.0. The van der Waals surface area contributed by atoms with Crippen LogP contribution in [0.4, 0.5) is 19.3 Å². The first-order chi connectivity index (χ1) is 13.0. The number of hydrogen-bond donors (Lipinski definition) is 2. The number of hydrogen-bond acceptors (Lipinski definition) is 3. The van der Waals surface area contributed by atoms with Gasteiger partial charge in [0, 0.05) is 44.9 Å². The number of nitrogens with one attached hydrogen (secondary N) is 2. The van der Waals surface area contributed by atoms with Crippen LogP contribution in [0, 0.1) is 5.82 Å². The lowest BCUT2D eigenvalue weighted by Gasteiger charge is -2.35. The van der Waals surface area contributed by atoms with E-state index in [0.717, 1.165) is 5.56 Å². The summed E-state index contributed by atoms with van der Waals surface area (Å²) in [6.07, 6.45) is 2.97. The Bertz CT molecular complexity index is 808. The minimum absolute atomic E-state index is 0.0645. The van der Waals surface area contributed by atoms with Gasteiger partial charge >= 0.3 is 6.03 Å². The third-order valence-electron chi connectivity index (χ3n) is 4.57. The normalized spacial score (nSPS) is 15.9. The van der Waals surface area contributed by atoms with Crippen molar-refractivity contribution < 1.29 is 18.4 Å². The van der Waals surface area contributed by atoms with Gasteiger partial charge in [0.2, 0.25) is 0 Å². The third-order valence-corrected chi connectivity index (χ3v) is 4.57. The van der Waals surface area contributed by atoms with Gasteiger partial charge < -0.3 is 15.5 Å². The number of urea groups is 1. The van der Waals surface area contributed by atoms with Crippen molar-refractivity contribution in [3.63, 3.8) is 0 Å². The van der Waals surface area contributed by atoms with Crippen LogP contribution in [0.15, 0.2) is 48.8 Å². The number of benzene rings is 1. The lowest BCUT2D eigenvalue weighted by atomic mass is 9.92. The van der Waals surface area contributed by atoms with Gasteiger partial charge in [-0.3, -0.25) is 9.78 Å². The maximum Gasteiger partial charge on any atom is 0.321 e. The number of aromatic nitrogens is 1. The number of halogens is 2. The SMILES string of the molecule is O=C(Nc1ccccc1F)N1CCC(F)(C(=O)NCc2ccncc2)CC1. The van der Waals surface area contributed by atoms with Crippen LogP contribution in [-0.4, -0.2) is 40.6 Å². The molecule has 0 unspecified atom stereocenters. The van der Waals surface area contributed by atoms with Crippen molar-refractivity contribution >= 4 is 17.6 Å². The summed E-state index contributed by atoms with van der Waals surface area (Å²) in [5.74, 6) is -1.23. The maximum atomic E-state index is 15.0. The molecule has 0 saturated carbocycles. The van der Waals surface area contributed by atoms with Crippen LogP contribution in [0.25, 0.3) is 0 Å². The molecule has 0 spiro atoms. The molecule has 2 N–H and O–H groups in total. The summed E-state index contributed by atoms with van der Waals surface area (Å²) in [5.41, 5.74) is -1.14. The van der Waals surface area contributed by atoms with Crippen LogP contribution in [0.3, 0.4) is 0 Å². The highest BCUT2D eigenvalue weighted by Gasteiger charge is 2.42. The molecule has 0 aliphatic carbocycles. The number of amides is 3. The van der Waals surface area contributed by atoms with Crippen LogP contribution >= 0.6 is 0 Å². The average Bonchev–Trinajstić information content (AvgIpc) is 2.69. The number of alkyl halides is 1. The lowest BCUT2D eigenvalue weighted by Crippen LogP contribution is -2.52. The van der Waals surface area contributed by atoms with Crippen LogP contribution in [-0.2, 0) is 11.3 Å². The topological polar surface area (TPSA) is 74.3 Å². The smallest absolute Gasteiger partial charge is 0.321 e. The molecule has 2 aromatic rings. The number of nitrogens with zero attached hydrogens (tertiary/aromatic N) is 2. The first kappa shape index (κ1) is 18.8. The molecular weight excluding hydrogens is 354 g/mol. The zero-order chi connectivity index (χ0) is 19.3.